The standard InChI is InChI=1S/C14H18FNO4/c1-3-4-7-10(14(18)19)16-13(17)12-9(15)6-5-8-11(12)20-2/h5-6,8,10H,3-4,7H2,1-2H3,(H,16,17)(H,18,19). The van der Waals surface area contributed by atoms with Crippen LogP contribution in [0.15, 0.2) is 18.2 Å². The Morgan fingerprint density at radius 2 is 2.15 bits per heavy atom. The van der Waals surface area contributed by atoms with Crippen molar-refractivity contribution >= 4 is 11.9 Å². The highest BCUT2D eigenvalue weighted by molar-refractivity contribution is 5.99. The molecule has 1 aromatic carbocycles. The lowest BCUT2D eigenvalue weighted by molar-refractivity contribution is -0.139. The lowest BCUT2D eigenvalue weighted by Gasteiger charge is -2.15. The Balaban J connectivity index is 2.91. The van der Waals surface area contributed by atoms with Crippen LogP contribution in [0, 0.1) is 5.82 Å². The second-order valence-corrected chi connectivity index (χ2v) is 4.32. The highest BCUT2D eigenvalue weighted by Gasteiger charge is 2.24. The minimum atomic E-state index is -1.14. The fourth-order valence-corrected chi connectivity index (χ4v) is 1.79. The van der Waals surface area contributed by atoms with Crippen molar-refractivity contribution in [3.05, 3.63) is 29.6 Å². The largest absolute Gasteiger partial charge is 0.496 e. The van der Waals surface area contributed by atoms with E-state index < -0.39 is 23.7 Å². The zero-order valence-corrected chi connectivity index (χ0v) is 11.5. The van der Waals surface area contributed by atoms with E-state index in [-0.39, 0.29) is 11.3 Å². The molecule has 20 heavy (non-hydrogen) atoms. The van der Waals surface area contributed by atoms with Gasteiger partial charge in [0.1, 0.15) is 23.2 Å². The summed E-state index contributed by atoms with van der Waals surface area (Å²) >= 11 is 0. The average molecular weight is 283 g/mol. The number of rotatable bonds is 7. The van der Waals surface area contributed by atoms with Gasteiger partial charge in [0.2, 0.25) is 0 Å². The van der Waals surface area contributed by atoms with E-state index in [1.807, 2.05) is 6.92 Å². The number of unbranched alkanes of at least 4 members (excludes halogenated alkanes) is 1. The van der Waals surface area contributed by atoms with Gasteiger partial charge in [-0.25, -0.2) is 9.18 Å². The van der Waals surface area contributed by atoms with Crippen LogP contribution in [0.1, 0.15) is 36.5 Å². The van der Waals surface area contributed by atoms with Crippen molar-refractivity contribution in [3.8, 4) is 5.75 Å². The van der Waals surface area contributed by atoms with Gasteiger partial charge in [-0.3, -0.25) is 4.79 Å². The maximum atomic E-state index is 13.7. The van der Waals surface area contributed by atoms with E-state index in [9.17, 15) is 14.0 Å². The second-order valence-electron chi connectivity index (χ2n) is 4.32. The number of ether oxygens (including phenoxy) is 1. The molecule has 1 atom stereocenters. The number of halogens is 1. The molecule has 110 valence electrons. The van der Waals surface area contributed by atoms with Gasteiger partial charge in [0, 0.05) is 0 Å². The molecule has 0 heterocycles. The maximum Gasteiger partial charge on any atom is 0.326 e. The summed E-state index contributed by atoms with van der Waals surface area (Å²) in [6.45, 7) is 1.92. The Morgan fingerprint density at radius 1 is 1.45 bits per heavy atom. The number of hydrogen-bond acceptors (Lipinski definition) is 3. The van der Waals surface area contributed by atoms with E-state index in [0.29, 0.717) is 12.8 Å². The molecule has 0 spiro atoms. The molecule has 0 radical (unpaired) electrons. The van der Waals surface area contributed by atoms with E-state index in [1.165, 1.54) is 19.2 Å². The monoisotopic (exact) mass is 283 g/mol. The van der Waals surface area contributed by atoms with Gasteiger partial charge in [-0.15, -0.1) is 0 Å². The molecule has 0 aliphatic carbocycles. The van der Waals surface area contributed by atoms with Gasteiger partial charge in [-0.1, -0.05) is 25.8 Å². The van der Waals surface area contributed by atoms with Gasteiger partial charge in [-0.2, -0.15) is 0 Å². The van der Waals surface area contributed by atoms with Crippen molar-refractivity contribution in [2.75, 3.05) is 7.11 Å². The van der Waals surface area contributed by atoms with Gasteiger partial charge in [-0.05, 0) is 18.6 Å². The third-order valence-corrected chi connectivity index (χ3v) is 2.87. The zero-order chi connectivity index (χ0) is 15.1. The van der Waals surface area contributed by atoms with Crippen LogP contribution >= 0.6 is 0 Å². The van der Waals surface area contributed by atoms with Crippen molar-refractivity contribution in [1.29, 1.82) is 0 Å². The number of benzene rings is 1. The van der Waals surface area contributed by atoms with Gasteiger partial charge >= 0.3 is 5.97 Å². The van der Waals surface area contributed by atoms with Gasteiger partial charge < -0.3 is 15.2 Å². The number of methoxy groups -OCH3 is 1. The van der Waals surface area contributed by atoms with Crippen LogP contribution in [0.5, 0.6) is 5.75 Å². The molecule has 0 aliphatic heterocycles. The number of carbonyl (C=O) groups excluding carboxylic acids is 1. The molecule has 0 fully saturated rings. The molecular weight excluding hydrogens is 265 g/mol. The Labute approximate surface area is 116 Å². The molecule has 2 N–H and O–H groups in total. The topological polar surface area (TPSA) is 75.6 Å². The summed E-state index contributed by atoms with van der Waals surface area (Å²) < 4.78 is 18.6. The molecule has 0 saturated carbocycles. The van der Waals surface area contributed by atoms with Crippen molar-refractivity contribution < 1.29 is 23.8 Å². The molecule has 0 aromatic heterocycles. The smallest absolute Gasteiger partial charge is 0.326 e. The summed E-state index contributed by atoms with van der Waals surface area (Å²) in [6, 6.07) is 2.95. The molecule has 0 bridgehead atoms. The van der Waals surface area contributed by atoms with Crippen LogP contribution in [0.2, 0.25) is 0 Å². The summed E-state index contributed by atoms with van der Waals surface area (Å²) in [7, 11) is 1.32. The third-order valence-electron chi connectivity index (χ3n) is 2.87. The third kappa shape index (κ3) is 3.94. The second kappa shape index (κ2) is 7.47. The number of carbonyl (C=O) groups is 2. The quantitative estimate of drug-likeness (QED) is 0.804. The first kappa shape index (κ1) is 15.9. The SMILES string of the molecule is CCCCC(NC(=O)c1c(F)cccc1OC)C(=O)O. The van der Waals surface area contributed by atoms with Crippen LogP contribution < -0.4 is 10.1 Å². The van der Waals surface area contributed by atoms with Crippen LogP contribution in [-0.2, 0) is 4.79 Å². The maximum absolute atomic E-state index is 13.7. The first-order valence-electron chi connectivity index (χ1n) is 6.37. The summed E-state index contributed by atoms with van der Waals surface area (Å²) in [6.07, 6.45) is 1.77. The number of carboxylic acids is 1. The van der Waals surface area contributed by atoms with Crippen molar-refractivity contribution in [1.82, 2.24) is 5.32 Å². The molecule has 5 nitrogen and oxygen atoms in total. The number of amides is 1. The zero-order valence-electron chi connectivity index (χ0n) is 11.5. The predicted octanol–water partition coefficient (Wildman–Crippen LogP) is 2.21. The lowest BCUT2D eigenvalue weighted by atomic mass is 10.1. The van der Waals surface area contributed by atoms with E-state index in [4.69, 9.17) is 9.84 Å². The number of hydrogen-bond donors (Lipinski definition) is 2. The van der Waals surface area contributed by atoms with Crippen LogP contribution in [0.3, 0.4) is 0 Å². The van der Waals surface area contributed by atoms with Crippen molar-refractivity contribution in [2.45, 2.75) is 32.2 Å². The summed E-state index contributed by atoms with van der Waals surface area (Å²) in [5.41, 5.74) is -0.280. The fraction of sp³-hybridized carbons (Fsp3) is 0.429. The van der Waals surface area contributed by atoms with Gasteiger partial charge in [0.15, 0.2) is 0 Å². The summed E-state index contributed by atoms with van der Waals surface area (Å²) in [4.78, 5) is 23.1. The Kier molecular flexibility index (Phi) is 5.96. The van der Waals surface area contributed by atoms with Crippen LogP contribution in [0.4, 0.5) is 4.39 Å². The molecule has 0 aliphatic rings. The molecule has 6 heteroatoms. The molecule has 0 saturated heterocycles. The molecule has 1 unspecified atom stereocenters. The van der Waals surface area contributed by atoms with E-state index in [2.05, 4.69) is 5.32 Å². The van der Waals surface area contributed by atoms with E-state index >= 15 is 0 Å². The number of carboxylic acid groups (broad SMARTS) is 1. The van der Waals surface area contributed by atoms with Gasteiger partial charge in [0.25, 0.3) is 5.91 Å². The van der Waals surface area contributed by atoms with E-state index in [1.54, 1.807) is 0 Å². The summed E-state index contributed by atoms with van der Waals surface area (Å²) in [5.74, 6) is -2.60. The van der Waals surface area contributed by atoms with E-state index in [0.717, 1.165) is 12.5 Å². The molecule has 1 amide bonds. The average Bonchev–Trinajstić information content (AvgIpc) is 2.42. The molecule has 1 rings (SSSR count). The normalized spacial score (nSPS) is 11.8. The molecule has 1 aromatic rings. The first-order valence-corrected chi connectivity index (χ1v) is 6.37. The van der Waals surface area contributed by atoms with Crippen LogP contribution in [0.25, 0.3) is 0 Å². The highest BCUT2D eigenvalue weighted by atomic mass is 19.1. The number of aliphatic carboxylic acids is 1. The Morgan fingerprint density at radius 3 is 2.70 bits per heavy atom. The lowest BCUT2D eigenvalue weighted by Crippen LogP contribution is -2.41. The first-order chi connectivity index (χ1) is 9.51. The summed E-state index contributed by atoms with van der Waals surface area (Å²) in [5, 5.41) is 11.4. The predicted molar refractivity (Wildman–Crippen MR) is 71.4 cm³/mol. The number of nitrogens with one attached hydrogen (secondary N) is 1. The fourth-order valence-electron chi connectivity index (χ4n) is 1.79. The minimum absolute atomic E-state index is 0.0714. The van der Waals surface area contributed by atoms with Crippen molar-refractivity contribution in [3.63, 3.8) is 0 Å². The Bertz CT molecular complexity index is 490. The Hall–Kier alpha value is -2.11. The van der Waals surface area contributed by atoms with Gasteiger partial charge in [0.05, 0.1) is 7.11 Å². The highest BCUT2D eigenvalue weighted by Crippen LogP contribution is 2.21. The molecular formula is C14H18FNO4. The minimum Gasteiger partial charge on any atom is -0.496 e. The van der Waals surface area contributed by atoms with Crippen LogP contribution in [-0.4, -0.2) is 30.1 Å². The van der Waals surface area contributed by atoms with Crippen molar-refractivity contribution in [2.24, 2.45) is 0 Å².